The molecule has 2 heterocycles. The minimum atomic E-state index is -0.0843. The fourth-order valence-corrected chi connectivity index (χ4v) is 3.94. The number of hydrogen-bond donors (Lipinski definition) is 1. The third-order valence-electron chi connectivity index (χ3n) is 4.79. The number of para-hydroxylation sites is 2. The largest absolute Gasteiger partial charge is 0.493 e. The minimum Gasteiger partial charge on any atom is -0.493 e. The van der Waals surface area contributed by atoms with Gasteiger partial charge in [0, 0.05) is 18.1 Å². The number of ether oxygens (including phenoxy) is 1. The molecule has 0 aliphatic rings. The van der Waals surface area contributed by atoms with Gasteiger partial charge < -0.3 is 19.0 Å². The number of carbonyl (C=O) groups is 1. The molecule has 0 bridgehead atoms. The Balaban J connectivity index is 1.48. The summed E-state index contributed by atoms with van der Waals surface area (Å²) in [6.45, 7) is 2.06. The van der Waals surface area contributed by atoms with Crippen LogP contribution in [0.25, 0.3) is 22.6 Å². The van der Waals surface area contributed by atoms with E-state index in [1.54, 1.807) is 7.11 Å². The quantitative estimate of drug-likeness (QED) is 0.441. The molecule has 0 unspecified atom stereocenters. The Bertz CT molecular complexity index is 1200. The fraction of sp³-hybridized carbons (Fsp3) is 0.227. The second kappa shape index (κ2) is 8.62. The molecule has 0 aliphatic carbocycles. The van der Waals surface area contributed by atoms with Gasteiger partial charge in [0.15, 0.2) is 28.1 Å². The molecule has 8 heteroatoms. The lowest BCUT2D eigenvalue weighted by molar-refractivity contribution is -0.113. The Kier molecular flexibility index (Phi) is 5.76. The van der Waals surface area contributed by atoms with Gasteiger partial charge in [0.1, 0.15) is 0 Å². The second-order valence-corrected chi connectivity index (χ2v) is 7.64. The van der Waals surface area contributed by atoms with Crippen molar-refractivity contribution in [3.8, 4) is 17.3 Å². The fourth-order valence-electron chi connectivity index (χ4n) is 3.23. The van der Waals surface area contributed by atoms with Gasteiger partial charge in [-0.25, -0.2) is 0 Å². The Morgan fingerprint density at radius 1 is 1.20 bits per heavy atom. The second-order valence-electron chi connectivity index (χ2n) is 6.70. The van der Waals surface area contributed by atoms with Gasteiger partial charge >= 0.3 is 0 Å². The predicted molar refractivity (Wildman–Crippen MR) is 118 cm³/mol. The molecule has 4 rings (SSSR count). The van der Waals surface area contributed by atoms with E-state index in [9.17, 15) is 4.79 Å². The Morgan fingerprint density at radius 3 is 2.83 bits per heavy atom. The van der Waals surface area contributed by atoms with Crippen LogP contribution in [0.4, 0.5) is 5.69 Å². The van der Waals surface area contributed by atoms with Gasteiger partial charge in [0.05, 0.1) is 12.9 Å². The van der Waals surface area contributed by atoms with Gasteiger partial charge in [-0.15, -0.1) is 10.2 Å². The molecular weight excluding hydrogens is 400 g/mol. The van der Waals surface area contributed by atoms with Crippen molar-refractivity contribution in [1.82, 2.24) is 14.8 Å². The van der Waals surface area contributed by atoms with Gasteiger partial charge in [-0.1, -0.05) is 49.0 Å². The van der Waals surface area contributed by atoms with E-state index < -0.39 is 0 Å². The van der Waals surface area contributed by atoms with Crippen LogP contribution < -0.4 is 10.1 Å². The lowest BCUT2D eigenvalue weighted by Crippen LogP contribution is -2.15. The Labute approximate surface area is 178 Å². The van der Waals surface area contributed by atoms with Crippen molar-refractivity contribution in [3.05, 3.63) is 54.1 Å². The monoisotopic (exact) mass is 422 g/mol. The van der Waals surface area contributed by atoms with Crippen molar-refractivity contribution in [2.75, 3.05) is 18.2 Å². The summed E-state index contributed by atoms with van der Waals surface area (Å²) < 4.78 is 13.1. The number of benzene rings is 2. The molecule has 2 aromatic heterocycles. The first-order valence-electron chi connectivity index (χ1n) is 9.57. The van der Waals surface area contributed by atoms with Gasteiger partial charge in [-0.3, -0.25) is 4.79 Å². The highest BCUT2D eigenvalue weighted by atomic mass is 32.2. The summed E-state index contributed by atoms with van der Waals surface area (Å²) in [5.41, 5.74) is 2.62. The number of nitrogens with one attached hydrogen (secondary N) is 1. The van der Waals surface area contributed by atoms with Crippen LogP contribution >= 0.6 is 11.8 Å². The van der Waals surface area contributed by atoms with E-state index in [0.717, 1.165) is 23.1 Å². The molecule has 7 nitrogen and oxygen atoms in total. The molecule has 0 saturated carbocycles. The molecule has 1 amide bonds. The number of nitrogens with zero attached hydrogens (tertiary/aromatic N) is 3. The number of rotatable bonds is 7. The highest BCUT2D eigenvalue weighted by Gasteiger charge is 2.18. The van der Waals surface area contributed by atoms with Crippen molar-refractivity contribution in [3.63, 3.8) is 0 Å². The smallest absolute Gasteiger partial charge is 0.234 e. The van der Waals surface area contributed by atoms with Crippen LogP contribution in [0.2, 0.25) is 0 Å². The third kappa shape index (κ3) is 3.91. The number of anilines is 1. The van der Waals surface area contributed by atoms with Gasteiger partial charge in [0.2, 0.25) is 5.91 Å². The number of fused-ring (bicyclic) bond motifs is 1. The molecule has 0 aliphatic heterocycles. The SMILES string of the molecule is CCc1ccccc1NC(=O)CSc1nnc(-c2cc3cccc(OC)c3o2)n1C. The van der Waals surface area contributed by atoms with E-state index in [0.29, 0.717) is 28.1 Å². The topological polar surface area (TPSA) is 82.2 Å². The average molecular weight is 423 g/mol. The molecule has 0 fully saturated rings. The standard InChI is InChI=1S/C22H22N4O3S/c1-4-14-8-5-6-10-16(14)23-19(27)13-30-22-25-24-21(26(22)2)18-12-15-9-7-11-17(28-3)20(15)29-18/h5-12H,4,13H2,1-3H3,(H,23,27). The van der Waals surface area contributed by atoms with Crippen LogP contribution in [0.15, 0.2) is 58.1 Å². The van der Waals surface area contributed by atoms with Crippen LogP contribution in [-0.2, 0) is 18.3 Å². The zero-order chi connectivity index (χ0) is 21.1. The van der Waals surface area contributed by atoms with E-state index in [1.807, 2.05) is 60.1 Å². The molecule has 0 saturated heterocycles. The lowest BCUT2D eigenvalue weighted by atomic mass is 10.1. The van der Waals surface area contributed by atoms with Gasteiger partial charge in [-0.05, 0) is 30.2 Å². The first kappa shape index (κ1) is 20.0. The van der Waals surface area contributed by atoms with E-state index in [2.05, 4.69) is 22.4 Å². The number of aryl methyl sites for hydroxylation is 1. The maximum absolute atomic E-state index is 12.4. The summed E-state index contributed by atoms with van der Waals surface area (Å²) in [5, 5.41) is 13.0. The number of methoxy groups -OCH3 is 1. The van der Waals surface area contributed by atoms with Crippen LogP contribution in [-0.4, -0.2) is 33.5 Å². The molecule has 4 aromatic rings. The van der Waals surface area contributed by atoms with E-state index >= 15 is 0 Å². The molecule has 154 valence electrons. The van der Waals surface area contributed by atoms with Crippen molar-refractivity contribution in [2.45, 2.75) is 18.5 Å². The molecular formula is C22H22N4O3S. The number of hydrogen-bond acceptors (Lipinski definition) is 6. The van der Waals surface area contributed by atoms with Gasteiger partial charge in [0.25, 0.3) is 0 Å². The number of furan rings is 1. The first-order chi connectivity index (χ1) is 14.6. The average Bonchev–Trinajstić information content (AvgIpc) is 3.35. The number of thioether (sulfide) groups is 1. The summed E-state index contributed by atoms with van der Waals surface area (Å²) in [6, 6.07) is 15.4. The predicted octanol–water partition coefficient (Wildman–Crippen LogP) is 4.53. The molecule has 0 atom stereocenters. The number of amides is 1. The Morgan fingerprint density at radius 2 is 2.03 bits per heavy atom. The summed E-state index contributed by atoms with van der Waals surface area (Å²) in [6.07, 6.45) is 0.860. The van der Waals surface area contributed by atoms with E-state index in [1.165, 1.54) is 11.8 Å². The summed E-state index contributed by atoms with van der Waals surface area (Å²) >= 11 is 1.33. The molecule has 0 radical (unpaired) electrons. The summed E-state index contributed by atoms with van der Waals surface area (Å²) in [5.74, 6) is 2.00. The highest BCUT2D eigenvalue weighted by Crippen LogP contribution is 2.33. The molecule has 1 N–H and O–H groups in total. The highest BCUT2D eigenvalue weighted by molar-refractivity contribution is 7.99. The normalized spacial score (nSPS) is 11.0. The maximum atomic E-state index is 12.4. The zero-order valence-corrected chi connectivity index (χ0v) is 17.8. The number of carbonyl (C=O) groups excluding carboxylic acids is 1. The Hall–Kier alpha value is -3.26. The first-order valence-corrected chi connectivity index (χ1v) is 10.6. The van der Waals surface area contributed by atoms with E-state index in [-0.39, 0.29) is 11.7 Å². The third-order valence-corrected chi connectivity index (χ3v) is 5.81. The molecule has 30 heavy (non-hydrogen) atoms. The van der Waals surface area contributed by atoms with Crippen molar-refractivity contribution < 1.29 is 13.9 Å². The number of aromatic nitrogens is 3. The van der Waals surface area contributed by atoms with Crippen LogP contribution in [0, 0.1) is 0 Å². The van der Waals surface area contributed by atoms with Crippen molar-refractivity contribution in [1.29, 1.82) is 0 Å². The lowest BCUT2D eigenvalue weighted by Gasteiger charge is -2.09. The van der Waals surface area contributed by atoms with E-state index in [4.69, 9.17) is 9.15 Å². The van der Waals surface area contributed by atoms with Crippen LogP contribution in [0.3, 0.4) is 0 Å². The van der Waals surface area contributed by atoms with Crippen LogP contribution in [0.5, 0.6) is 5.75 Å². The summed E-state index contributed by atoms with van der Waals surface area (Å²) in [7, 11) is 3.46. The molecule has 0 spiro atoms. The van der Waals surface area contributed by atoms with Gasteiger partial charge in [-0.2, -0.15) is 0 Å². The zero-order valence-electron chi connectivity index (χ0n) is 17.0. The van der Waals surface area contributed by atoms with Crippen molar-refractivity contribution in [2.24, 2.45) is 7.05 Å². The minimum absolute atomic E-state index is 0.0843. The maximum Gasteiger partial charge on any atom is 0.234 e. The van der Waals surface area contributed by atoms with Crippen LogP contribution in [0.1, 0.15) is 12.5 Å². The summed E-state index contributed by atoms with van der Waals surface area (Å²) in [4.78, 5) is 12.4. The van der Waals surface area contributed by atoms with Crippen molar-refractivity contribution >= 4 is 34.3 Å². The molecule has 2 aromatic carbocycles.